The molecule has 0 N–H and O–H groups in total. The Bertz CT molecular complexity index is 796. The molecule has 0 amide bonds. The number of rotatable bonds is 2. The van der Waals surface area contributed by atoms with Crippen LogP contribution in [0.1, 0.15) is 28.1 Å². The summed E-state index contributed by atoms with van der Waals surface area (Å²) >= 11 is 0. The molecule has 1 aliphatic heterocycles. The average molecular weight is 302 g/mol. The van der Waals surface area contributed by atoms with Gasteiger partial charge in [-0.25, -0.2) is 8.42 Å². The molecule has 0 aliphatic carbocycles. The van der Waals surface area contributed by atoms with Crippen molar-refractivity contribution in [1.29, 1.82) is 0 Å². The number of benzene rings is 1. The van der Waals surface area contributed by atoms with Crippen LogP contribution in [0.15, 0.2) is 35.2 Å². The maximum absolute atomic E-state index is 12.7. The van der Waals surface area contributed by atoms with Crippen molar-refractivity contribution in [2.45, 2.75) is 38.8 Å². The number of aryl methyl sites for hydroxylation is 3. The maximum atomic E-state index is 12.7. The number of nitrogens with zero attached hydrogens (tertiary/aromatic N) is 2. The SMILES string of the molecule is Cc1ccc(S(=O)(=O)N2Cc3cc(C)nc(C)c3C2)cc1. The molecule has 5 heteroatoms. The minimum absolute atomic E-state index is 0.350. The van der Waals surface area contributed by atoms with Gasteiger partial charge >= 0.3 is 0 Å². The van der Waals surface area contributed by atoms with Crippen LogP contribution in [-0.2, 0) is 23.1 Å². The average Bonchev–Trinajstić information content (AvgIpc) is 2.84. The minimum Gasteiger partial charge on any atom is -0.258 e. The van der Waals surface area contributed by atoms with E-state index in [4.69, 9.17) is 0 Å². The van der Waals surface area contributed by atoms with E-state index in [1.807, 2.05) is 39.0 Å². The summed E-state index contributed by atoms with van der Waals surface area (Å²) in [5.41, 5.74) is 5.01. The van der Waals surface area contributed by atoms with Gasteiger partial charge in [0.25, 0.3) is 0 Å². The number of hydrogen-bond donors (Lipinski definition) is 0. The quantitative estimate of drug-likeness (QED) is 0.857. The van der Waals surface area contributed by atoms with Crippen LogP contribution in [0.2, 0.25) is 0 Å². The molecule has 0 spiro atoms. The number of sulfonamides is 1. The highest BCUT2D eigenvalue weighted by molar-refractivity contribution is 7.89. The van der Waals surface area contributed by atoms with Gasteiger partial charge in [-0.15, -0.1) is 0 Å². The van der Waals surface area contributed by atoms with Gasteiger partial charge in [0.05, 0.1) is 4.90 Å². The molecule has 110 valence electrons. The number of hydrogen-bond acceptors (Lipinski definition) is 3. The molecule has 4 nitrogen and oxygen atoms in total. The molecule has 0 unspecified atom stereocenters. The van der Waals surface area contributed by atoms with E-state index in [1.165, 1.54) is 4.31 Å². The lowest BCUT2D eigenvalue weighted by molar-refractivity contribution is 0.431. The molecule has 0 saturated carbocycles. The summed E-state index contributed by atoms with van der Waals surface area (Å²) in [4.78, 5) is 4.77. The molecule has 2 heterocycles. The Morgan fingerprint density at radius 2 is 1.71 bits per heavy atom. The molecule has 1 aliphatic rings. The van der Waals surface area contributed by atoms with Crippen molar-refractivity contribution in [2.75, 3.05) is 0 Å². The highest BCUT2D eigenvalue weighted by Crippen LogP contribution is 2.30. The van der Waals surface area contributed by atoms with Crippen LogP contribution in [0.5, 0.6) is 0 Å². The van der Waals surface area contributed by atoms with Crippen LogP contribution >= 0.6 is 0 Å². The fourth-order valence-electron chi connectivity index (χ4n) is 2.74. The van der Waals surface area contributed by atoms with Gasteiger partial charge in [0, 0.05) is 24.5 Å². The number of aromatic nitrogens is 1. The van der Waals surface area contributed by atoms with E-state index in [-0.39, 0.29) is 0 Å². The maximum Gasteiger partial charge on any atom is 0.243 e. The Hall–Kier alpha value is -1.72. The first kappa shape index (κ1) is 14.2. The predicted molar refractivity (Wildman–Crippen MR) is 81.3 cm³/mol. The van der Waals surface area contributed by atoms with Gasteiger partial charge in [0.15, 0.2) is 0 Å². The molecule has 0 radical (unpaired) electrons. The summed E-state index contributed by atoms with van der Waals surface area (Å²) in [6, 6.07) is 8.97. The lowest BCUT2D eigenvalue weighted by Crippen LogP contribution is -2.25. The molecule has 21 heavy (non-hydrogen) atoms. The summed E-state index contributed by atoms with van der Waals surface area (Å²) in [7, 11) is -3.45. The Balaban J connectivity index is 1.97. The normalized spacial score (nSPS) is 15.2. The molecular weight excluding hydrogens is 284 g/mol. The standard InChI is InChI=1S/C16H18N2O2S/c1-11-4-6-15(7-5-11)21(19,20)18-9-14-8-12(2)17-13(3)16(14)10-18/h4-8H,9-10H2,1-3H3. The topological polar surface area (TPSA) is 50.3 Å². The lowest BCUT2D eigenvalue weighted by Gasteiger charge is -2.15. The van der Waals surface area contributed by atoms with E-state index in [0.29, 0.717) is 18.0 Å². The second kappa shape index (κ2) is 4.93. The fraction of sp³-hybridized carbons (Fsp3) is 0.312. The van der Waals surface area contributed by atoms with Crippen molar-refractivity contribution in [3.8, 4) is 0 Å². The van der Waals surface area contributed by atoms with E-state index >= 15 is 0 Å². The fourth-order valence-corrected chi connectivity index (χ4v) is 4.13. The van der Waals surface area contributed by atoms with Gasteiger partial charge in [-0.05, 0) is 50.1 Å². The van der Waals surface area contributed by atoms with E-state index in [0.717, 1.165) is 28.1 Å². The zero-order valence-electron chi connectivity index (χ0n) is 12.4. The first-order valence-corrected chi connectivity index (χ1v) is 8.35. The van der Waals surface area contributed by atoms with Crippen molar-refractivity contribution in [3.05, 3.63) is 58.4 Å². The summed E-state index contributed by atoms with van der Waals surface area (Å²) in [6.07, 6.45) is 0. The van der Waals surface area contributed by atoms with Crippen molar-refractivity contribution >= 4 is 10.0 Å². The van der Waals surface area contributed by atoms with Crippen LogP contribution in [-0.4, -0.2) is 17.7 Å². The van der Waals surface area contributed by atoms with Crippen molar-refractivity contribution in [3.63, 3.8) is 0 Å². The van der Waals surface area contributed by atoms with Crippen LogP contribution in [0.4, 0.5) is 0 Å². The zero-order chi connectivity index (χ0) is 15.2. The summed E-state index contributed by atoms with van der Waals surface area (Å²) in [6.45, 7) is 6.65. The Kier molecular flexibility index (Phi) is 3.34. The molecule has 0 fully saturated rings. The first-order chi connectivity index (χ1) is 9.88. The van der Waals surface area contributed by atoms with Crippen LogP contribution in [0, 0.1) is 20.8 Å². The number of fused-ring (bicyclic) bond motifs is 1. The third kappa shape index (κ3) is 2.47. The van der Waals surface area contributed by atoms with E-state index in [2.05, 4.69) is 4.98 Å². The molecule has 0 saturated heterocycles. The molecule has 1 aromatic heterocycles. The van der Waals surface area contributed by atoms with Gasteiger partial charge in [-0.1, -0.05) is 17.7 Å². The summed E-state index contributed by atoms with van der Waals surface area (Å²) in [5, 5.41) is 0. The van der Waals surface area contributed by atoms with Gasteiger partial charge in [0.2, 0.25) is 10.0 Å². The molecule has 0 atom stereocenters. The third-order valence-corrected chi connectivity index (χ3v) is 5.70. The largest absolute Gasteiger partial charge is 0.258 e. The second-order valence-corrected chi connectivity index (χ2v) is 7.51. The smallest absolute Gasteiger partial charge is 0.243 e. The monoisotopic (exact) mass is 302 g/mol. The third-order valence-electron chi connectivity index (χ3n) is 3.89. The lowest BCUT2D eigenvalue weighted by atomic mass is 10.1. The van der Waals surface area contributed by atoms with Gasteiger partial charge < -0.3 is 0 Å². The molecule has 1 aromatic carbocycles. The second-order valence-electron chi connectivity index (χ2n) is 5.57. The zero-order valence-corrected chi connectivity index (χ0v) is 13.2. The van der Waals surface area contributed by atoms with Crippen LogP contribution in [0.25, 0.3) is 0 Å². The first-order valence-electron chi connectivity index (χ1n) is 6.91. The van der Waals surface area contributed by atoms with E-state index < -0.39 is 10.0 Å². The van der Waals surface area contributed by atoms with E-state index in [9.17, 15) is 8.42 Å². The Morgan fingerprint density at radius 3 is 2.38 bits per heavy atom. The highest BCUT2D eigenvalue weighted by atomic mass is 32.2. The molecule has 3 rings (SSSR count). The van der Waals surface area contributed by atoms with Crippen molar-refractivity contribution < 1.29 is 8.42 Å². The molecular formula is C16H18N2O2S. The van der Waals surface area contributed by atoms with Crippen molar-refractivity contribution in [1.82, 2.24) is 9.29 Å². The molecule has 0 bridgehead atoms. The van der Waals surface area contributed by atoms with Gasteiger partial charge in [0.1, 0.15) is 0 Å². The highest BCUT2D eigenvalue weighted by Gasteiger charge is 2.31. The Labute approximate surface area is 125 Å². The summed E-state index contributed by atoms with van der Waals surface area (Å²) < 4.78 is 27.0. The summed E-state index contributed by atoms with van der Waals surface area (Å²) in [5.74, 6) is 0. The van der Waals surface area contributed by atoms with Crippen molar-refractivity contribution in [2.24, 2.45) is 0 Å². The molecule has 2 aromatic rings. The Morgan fingerprint density at radius 1 is 1.05 bits per heavy atom. The predicted octanol–water partition coefficient (Wildman–Crippen LogP) is 2.71. The van der Waals surface area contributed by atoms with Gasteiger partial charge in [-0.2, -0.15) is 4.31 Å². The van der Waals surface area contributed by atoms with Crippen LogP contribution < -0.4 is 0 Å². The minimum atomic E-state index is -3.45. The number of pyridine rings is 1. The van der Waals surface area contributed by atoms with Gasteiger partial charge in [-0.3, -0.25) is 4.98 Å². The van der Waals surface area contributed by atoms with Crippen LogP contribution in [0.3, 0.4) is 0 Å². The van der Waals surface area contributed by atoms with E-state index in [1.54, 1.807) is 12.1 Å².